The van der Waals surface area contributed by atoms with E-state index in [2.05, 4.69) is 0 Å². The first-order valence-corrected chi connectivity index (χ1v) is 11.2. The number of hydrogen-bond acceptors (Lipinski definition) is 3. The Kier molecular flexibility index (Phi) is 4.20. The van der Waals surface area contributed by atoms with E-state index < -0.39 is 0 Å². The number of amides is 1. The topological polar surface area (TPSA) is 41.8 Å². The van der Waals surface area contributed by atoms with E-state index in [4.69, 9.17) is 0 Å². The molecule has 2 aromatic heterocycles. The number of hydrogen-bond donors (Lipinski definition) is 0. The van der Waals surface area contributed by atoms with Crippen LogP contribution in [0.5, 0.6) is 0 Å². The second kappa shape index (κ2) is 7.11. The fourth-order valence-electron chi connectivity index (χ4n) is 4.44. The van der Waals surface area contributed by atoms with Crippen molar-refractivity contribution in [2.24, 2.45) is 0 Å². The largest absolute Gasteiger partial charge is 0.311 e. The van der Waals surface area contributed by atoms with E-state index in [9.17, 15) is 9.59 Å². The molecule has 0 unspecified atom stereocenters. The number of carbonyl (C=O) groups excluding carboxylic acids is 2. The van der Waals surface area contributed by atoms with E-state index in [1.165, 1.54) is 0 Å². The Morgan fingerprint density at radius 2 is 1.41 bits per heavy atom. The molecule has 4 nitrogen and oxygen atoms in total. The number of para-hydroxylation sites is 2. The van der Waals surface area contributed by atoms with Crippen molar-refractivity contribution in [3.8, 4) is 0 Å². The van der Waals surface area contributed by atoms with E-state index in [0.29, 0.717) is 11.3 Å². The minimum atomic E-state index is -0.164. The van der Waals surface area contributed by atoms with Crippen molar-refractivity contribution in [3.05, 3.63) is 102 Å². The molecule has 0 N–H and O–H groups in total. The number of carbonyl (C=O) groups is 2. The van der Waals surface area contributed by atoms with Gasteiger partial charge in [0, 0.05) is 26.9 Å². The Morgan fingerprint density at radius 3 is 2.09 bits per heavy atom. The summed E-state index contributed by atoms with van der Waals surface area (Å²) in [6.07, 6.45) is 1.88. The SMILES string of the molecule is CC(=O)c1cc(C(=O)N2c3ccccc3Sc3ccccc32)n2ccc3ccccc3c12. The third-order valence-corrected chi connectivity index (χ3v) is 7.02. The number of pyridine rings is 1. The van der Waals surface area contributed by atoms with Gasteiger partial charge in [-0.15, -0.1) is 0 Å². The Hall–Kier alpha value is -3.83. The molecule has 0 spiro atoms. The molecular formula is C27H18N2O2S. The maximum atomic E-state index is 14.1. The lowest BCUT2D eigenvalue weighted by Crippen LogP contribution is -2.29. The van der Waals surface area contributed by atoms with Crippen molar-refractivity contribution in [1.29, 1.82) is 0 Å². The Bertz CT molecular complexity index is 1520. The van der Waals surface area contributed by atoms with Gasteiger partial charge in [0.1, 0.15) is 5.69 Å². The van der Waals surface area contributed by atoms with Gasteiger partial charge < -0.3 is 4.40 Å². The third kappa shape index (κ3) is 2.71. The average Bonchev–Trinajstić information content (AvgIpc) is 3.23. The fourth-order valence-corrected chi connectivity index (χ4v) is 5.50. The molecule has 3 heterocycles. The predicted octanol–water partition coefficient (Wildman–Crippen LogP) is 6.74. The smallest absolute Gasteiger partial charge is 0.279 e. The lowest BCUT2D eigenvalue weighted by Gasteiger charge is -2.30. The van der Waals surface area contributed by atoms with Crippen molar-refractivity contribution >= 4 is 51.1 Å². The minimum absolute atomic E-state index is 0.0621. The van der Waals surface area contributed by atoms with Gasteiger partial charge >= 0.3 is 0 Å². The van der Waals surface area contributed by atoms with Crippen LogP contribution in [0.4, 0.5) is 11.4 Å². The van der Waals surface area contributed by atoms with Crippen LogP contribution < -0.4 is 4.90 Å². The van der Waals surface area contributed by atoms with Gasteiger partial charge in [-0.2, -0.15) is 0 Å². The molecule has 32 heavy (non-hydrogen) atoms. The van der Waals surface area contributed by atoms with Gasteiger partial charge in [-0.25, -0.2) is 0 Å². The number of fused-ring (bicyclic) bond motifs is 5. The second-order valence-electron chi connectivity index (χ2n) is 7.80. The molecule has 154 valence electrons. The van der Waals surface area contributed by atoms with Crippen LogP contribution in [0.3, 0.4) is 0 Å². The Balaban J connectivity index is 1.62. The summed E-state index contributed by atoms with van der Waals surface area (Å²) in [5.41, 5.74) is 3.49. The molecule has 3 aromatic carbocycles. The molecular weight excluding hydrogens is 416 g/mol. The summed E-state index contributed by atoms with van der Waals surface area (Å²) in [6, 6.07) is 27.5. The Labute approximate surface area is 189 Å². The van der Waals surface area contributed by atoms with Crippen molar-refractivity contribution in [2.45, 2.75) is 16.7 Å². The van der Waals surface area contributed by atoms with E-state index >= 15 is 0 Å². The quantitative estimate of drug-likeness (QED) is 0.289. The highest BCUT2D eigenvalue weighted by Crippen LogP contribution is 2.48. The molecule has 6 rings (SSSR count). The number of ketones is 1. The lowest BCUT2D eigenvalue weighted by molar-refractivity contribution is 0.0992. The monoisotopic (exact) mass is 434 g/mol. The minimum Gasteiger partial charge on any atom is -0.311 e. The summed E-state index contributed by atoms with van der Waals surface area (Å²) in [7, 11) is 0. The molecule has 0 aliphatic carbocycles. The Morgan fingerprint density at radius 1 is 0.781 bits per heavy atom. The number of aromatic nitrogens is 1. The van der Waals surface area contributed by atoms with Crippen molar-refractivity contribution in [3.63, 3.8) is 0 Å². The van der Waals surface area contributed by atoms with Gasteiger partial charge in [-0.3, -0.25) is 14.5 Å². The van der Waals surface area contributed by atoms with Crippen LogP contribution in [0.2, 0.25) is 0 Å². The summed E-state index contributed by atoms with van der Waals surface area (Å²) >= 11 is 1.66. The zero-order valence-corrected chi connectivity index (χ0v) is 18.1. The first-order chi connectivity index (χ1) is 15.6. The van der Waals surface area contributed by atoms with Crippen molar-refractivity contribution in [2.75, 3.05) is 4.90 Å². The van der Waals surface area contributed by atoms with Crippen LogP contribution in [0.15, 0.2) is 101 Å². The number of Topliss-reactive ketones (excluding diaryl/α,β-unsaturated/α-hetero) is 1. The second-order valence-corrected chi connectivity index (χ2v) is 8.88. The molecule has 5 heteroatoms. The van der Waals surface area contributed by atoms with Crippen molar-refractivity contribution in [1.82, 2.24) is 4.40 Å². The van der Waals surface area contributed by atoms with Gasteiger partial charge in [0.15, 0.2) is 5.78 Å². The number of nitrogens with zero attached hydrogens (tertiary/aromatic N) is 2. The molecule has 0 saturated carbocycles. The molecule has 5 aromatic rings. The van der Waals surface area contributed by atoms with E-state index in [-0.39, 0.29) is 11.7 Å². The number of benzene rings is 3. The maximum Gasteiger partial charge on any atom is 0.279 e. The molecule has 1 amide bonds. The standard InChI is InChI=1S/C27H18N2O2S/c1-17(30)20-16-23(28-15-14-18-8-2-3-9-19(18)26(20)28)27(31)29-21-10-4-6-12-24(21)32-25-13-7-5-11-22(25)29/h2-16H,1H3. The van der Waals surface area contributed by atoms with Gasteiger partial charge in [-0.1, -0.05) is 60.3 Å². The van der Waals surface area contributed by atoms with Crippen LogP contribution in [-0.2, 0) is 0 Å². The summed E-state index contributed by atoms with van der Waals surface area (Å²) in [5, 5.41) is 1.99. The van der Waals surface area contributed by atoms with Gasteiger partial charge in [0.2, 0.25) is 0 Å². The third-order valence-electron chi connectivity index (χ3n) is 5.89. The van der Waals surface area contributed by atoms with Crippen LogP contribution >= 0.6 is 11.8 Å². The van der Waals surface area contributed by atoms with Crippen LogP contribution in [0, 0.1) is 0 Å². The first kappa shape index (κ1) is 18.9. The van der Waals surface area contributed by atoms with Crippen LogP contribution in [-0.4, -0.2) is 16.1 Å². The van der Waals surface area contributed by atoms with Gasteiger partial charge in [-0.05, 0) is 48.7 Å². The van der Waals surface area contributed by atoms with Gasteiger partial charge in [0.05, 0.1) is 16.9 Å². The molecule has 1 aliphatic rings. The van der Waals surface area contributed by atoms with E-state index in [1.54, 1.807) is 29.7 Å². The van der Waals surface area contributed by atoms with Gasteiger partial charge in [0.25, 0.3) is 5.91 Å². The van der Waals surface area contributed by atoms with Crippen LogP contribution in [0.25, 0.3) is 16.3 Å². The molecule has 0 bridgehead atoms. The first-order valence-electron chi connectivity index (χ1n) is 10.4. The van der Waals surface area contributed by atoms with Crippen molar-refractivity contribution < 1.29 is 9.59 Å². The zero-order valence-electron chi connectivity index (χ0n) is 17.3. The molecule has 0 atom stereocenters. The zero-order chi connectivity index (χ0) is 21.8. The normalized spacial score (nSPS) is 12.6. The maximum absolute atomic E-state index is 14.1. The lowest BCUT2D eigenvalue weighted by atomic mass is 10.1. The summed E-state index contributed by atoms with van der Waals surface area (Å²) in [6.45, 7) is 1.55. The summed E-state index contributed by atoms with van der Waals surface area (Å²) in [5.74, 6) is -0.226. The predicted molar refractivity (Wildman–Crippen MR) is 128 cm³/mol. The highest BCUT2D eigenvalue weighted by molar-refractivity contribution is 7.99. The fraction of sp³-hybridized carbons (Fsp3) is 0.0370. The molecule has 1 aliphatic heterocycles. The molecule has 0 saturated heterocycles. The number of anilines is 2. The van der Waals surface area contributed by atoms with E-state index in [1.807, 2.05) is 89.5 Å². The molecule has 0 fully saturated rings. The van der Waals surface area contributed by atoms with Crippen LogP contribution in [0.1, 0.15) is 27.8 Å². The summed E-state index contributed by atoms with van der Waals surface area (Å²) < 4.78 is 1.86. The van der Waals surface area contributed by atoms with E-state index in [0.717, 1.165) is 37.5 Å². The number of rotatable bonds is 2. The summed E-state index contributed by atoms with van der Waals surface area (Å²) in [4.78, 5) is 30.5. The molecule has 0 radical (unpaired) electrons. The highest BCUT2D eigenvalue weighted by Gasteiger charge is 2.31. The highest BCUT2D eigenvalue weighted by atomic mass is 32.2. The average molecular weight is 435 g/mol.